The molecule has 1 atom stereocenters. The molecule has 0 radical (unpaired) electrons. The minimum atomic E-state index is 0.0132. The molecule has 1 aromatic rings. The van der Waals surface area contributed by atoms with Gasteiger partial charge in [0.25, 0.3) is 0 Å². The number of nitrogens with one attached hydrogen (secondary N) is 1. The maximum absolute atomic E-state index is 12.4. The van der Waals surface area contributed by atoms with Crippen molar-refractivity contribution in [2.24, 2.45) is 0 Å². The van der Waals surface area contributed by atoms with Crippen LogP contribution in [0.15, 0.2) is 24.3 Å². The van der Waals surface area contributed by atoms with Crippen LogP contribution in [0.1, 0.15) is 45.1 Å². The fourth-order valence-electron chi connectivity index (χ4n) is 2.57. The van der Waals surface area contributed by atoms with Gasteiger partial charge in [0.05, 0.1) is 13.1 Å². The molecule has 4 heteroatoms. The first-order valence-electron chi connectivity index (χ1n) is 7.97. The van der Waals surface area contributed by atoms with Crippen LogP contribution in [0.2, 0.25) is 0 Å². The van der Waals surface area contributed by atoms with Crippen LogP contribution in [0, 0.1) is 0 Å². The van der Waals surface area contributed by atoms with Crippen LogP contribution in [0.5, 0.6) is 5.75 Å². The van der Waals surface area contributed by atoms with Crippen molar-refractivity contribution < 1.29 is 9.53 Å². The Bertz CT molecular complexity index is 462. The number of fused-ring (bicyclic) bond motifs is 1. The average molecular weight is 290 g/mol. The summed E-state index contributed by atoms with van der Waals surface area (Å²) in [5, 5.41) is 3.10. The van der Waals surface area contributed by atoms with Crippen LogP contribution in [-0.2, 0) is 6.54 Å². The van der Waals surface area contributed by atoms with Gasteiger partial charge >= 0.3 is 6.03 Å². The van der Waals surface area contributed by atoms with Crippen LogP contribution in [0.25, 0.3) is 0 Å². The molecule has 2 rings (SSSR count). The maximum atomic E-state index is 12.4. The Kier molecular flexibility index (Phi) is 5.90. The van der Waals surface area contributed by atoms with Gasteiger partial charge in [-0.3, -0.25) is 0 Å². The number of rotatable bonds is 5. The predicted octanol–water partition coefficient (Wildman–Crippen LogP) is 3.56. The molecule has 1 aliphatic heterocycles. The Morgan fingerprint density at radius 3 is 3.00 bits per heavy atom. The second kappa shape index (κ2) is 7.91. The summed E-state index contributed by atoms with van der Waals surface area (Å²) in [6.07, 6.45) is 4.65. The number of hydrogen-bond acceptors (Lipinski definition) is 2. The lowest BCUT2D eigenvalue weighted by molar-refractivity contribution is 0.184. The van der Waals surface area contributed by atoms with Gasteiger partial charge in [-0.15, -0.1) is 0 Å². The van der Waals surface area contributed by atoms with E-state index in [-0.39, 0.29) is 12.1 Å². The molecule has 1 heterocycles. The van der Waals surface area contributed by atoms with E-state index in [4.69, 9.17) is 4.74 Å². The Morgan fingerprint density at radius 2 is 2.19 bits per heavy atom. The molecule has 4 nitrogen and oxygen atoms in total. The van der Waals surface area contributed by atoms with Crippen molar-refractivity contribution >= 4 is 6.03 Å². The normalized spacial score (nSPS) is 15.6. The van der Waals surface area contributed by atoms with Gasteiger partial charge in [0.2, 0.25) is 0 Å². The molecule has 0 bridgehead atoms. The molecule has 0 unspecified atom stereocenters. The van der Waals surface area contributed by atoms with Crippen molar-refractivity contribution in [2.45, 2.75) is 52.1 Å². The Morgan fingerprint density at radius 1 is 1.38 bits per heavy atom. The van der Waals surface area contributed by atoms with Crippen LogP contribution in [0.4, 0.5) is 4.79 Å². The van der Waals surface area contributed by atoms with E-state index < -0.39 is 0 Å². The molecule has 0 saturated carbocycles. The quantitative estimate of drug-likeness (QED) is 0.842. The molecule has 0 spiro atoms. The third-order valence-electron chi connectivity index (χ3n) is 3.85. The zero-order valence-corrected chi connectivity index (χ0v) is 13.1. The van der Waals surface area contributed by atoms with Gasteiger partial charge in [0.1, 0.15) is 12.4 Å². The van der Waals surface area contributed by atoms with Gasteiger partial charge in [-0.25, -0.2) is 4.79 Å². The Hall–Kier alpha value is -1.71. The van der Waals surface area contributed by atoms with E-state index in [0.717, 1.165) is 17.7 Å². The lowest BCUT2D eigenvalue weighted by Gasteiger charge is -2.23. The monoisotopic (exact) mass is 290 g/mol. The number of carbonyl (C=O) groups excluding carboxylic acids is 1. The maximum Gasteiger partial charge on any atom is 0.318 e. The zero-order chi connectivity index (χ0) is 15.1. The number of unbranched alkanes of at least 4 members (excludes halogenated alkanes) is 2. The average Bonchev–Trinajstić information content (AvgIpc) is 2.69. The Balaban J connectivity index is 1.88. The first-order chi connectivity index (χ1) is 10.2. The largest absolute Gasteiger partial charge is 0.491 e. The van der Waals surface area contributed by atoms with Crippen molar-refractivity contribution in [1.29, 1.82) is 0 Å². The van der Waals surface area contributed by atoms with Gasteiger partial charge in [-0.05, 0) is 19.4 Å². The van der Waals surface area contributed by atoms with E-state index >= 15 is 0 Å². The summed E-state index contributed by atoms with van der Waals surface area (Å²) in [5.74, 6) is 0.892. The lowest BCUT2D eigenvalue weighted by Crippen LogP contribution is -2.44. The third-order valence-corrected chi connectivity index (χ3v) is 3.85. The fourth-order valence-corrected chi connectivity index (χ4v) is 2.57. The topological polar surface area (TPSA) is 41.6 Å². The second-order valence-corrected chi connectivity index (χ2v) is 5.72. The molecular weight excluding hydrogens is 264 g/mol. The van der Waals surface area contributed by atoms with Crippen molar-refractivity contribution in [3.05, 3.63) is 29.8 Å². The van der Waals surface area contributed by atoms with Crippen LogP contribution in [0.3, 0.4) is 0 Å². The molecular formula is C17H26N2O2. The molecule has 1 N–H and O–H groups in total. The molecule has 0 saturated heterocycles. The molecule has 116 valence electrons. The van der Waals surface area contributed by atoms with Crippen LogP contribution < -0.4 is 10.1 Å². The van der Waals surface area contributed by atoms with E-state index in [1.807, 2.05) is 29.2 Å². The Labute approximate surface area is 127 Å². The van der Waals surface area contributed by atoms with Crippen LogP contribution in [-0.4, -0.2) is 30.1 Å². The molecule has 2 amide bonds. The third kappa shape index (κ3) is 4.66. The van der Waals surface area contributed by atoms with Gasteiger partial charge < -0.3 is 15.0 Å². The van der Waals surface area contributed by atoms with Crippen molar-refractivity contribution in [1.82, 2.24) is 10.2 Å². The fraction of sp³-hybridized carbons (Fsp3) is 0.588. The van der Waals surface area contributed by atoms with Crippen molar-refractivity contribution in [3.63, 3.8) is 0 Å². The molecule has 0 aliphatic carbocycles. The van der Waals surface area contributed by atoms with E-state index in [9.17, 15) is 4.79 Å². The smallest absolute Gasteiger partial charge is 0.318 e. The first kappa shape index (κ1) is 15.7. The predicted molar refractivity (Wildman–Crippen MR) is 84.5 cm³/mol. The number of ether oxygens (including phenoxy) is 1. The highest BCUT2D eigenvalue weighted by Gasteiger charge is 2.20. The number of nitrogens with zero attached hydrogens (tertiary/aromatic N) is 1. The molecule has 0 fully saturated rings. The highest BCUT2D eigenvalue weighted by atomic mass is 16.5. The van der Waals surface area contributed by atoms with Crippen molar-refractivity contribution in [2.75, 3.05) is 13.2 Å². The molecule has 0 aromatic heterocycles. The van der Waals surface area contributed by atoms with Gasteiger partial charge in [0.15, 0.2) is 0 Å². The van der Waals surface area contributed by atoms with E-state index in [2.05, 4.69) is 19.2 Å². The number of benzene rings is 1. The molecule has 1 aromatic carbocycles. The number of hydrogen-bond donors (Lipinski definition) is 1. The number of amides is 2. The van der Waals surface area contributed by atoms with Crippen LogP contribution >= 0.6 is 0 Å². The summed E-state index contributed by atoms with van der Waals surface area (Å²) in [6.45, 7) is 6.06. The summed E-state index contributed by atoms with van der Waals surface area (Å²) in [5.41, 5.74) is 1.07. The highest BCUT2D eigenvalue weighted by Crippen LogP contribution is 2.22. The summed E-state index contributed by atoms with van der Waals surface area (Å²) >= 11 is 0. The second-order valence-electron chi connectivity index (χ2n) is 5.72. The van der Waals surface area contributed by atoms with E-state index in [1.165, 1.54) is 19.3 Å². The minimum absolute atomic E-state index is 0.0132. The SMILES string of the molecule is CCCCC[C@@H](C)NC(=O)N1CCOc2ccccc2C1. The molecule has 1 aliphatic rings. The number of para-hydroxylation sites is 1. The van der Waals surface area contributed by atoms with Gasteiger partial charge in [-0.2, -0.15) is 0 Å². The zero-order valence-electron chi connectivity index (χ0n) is 13.1. The summed E-state index contributed by atoms with van der Waals surface area (Å²) < 4.78 is 5.69. The van der Waals surface area contributed by atoms with Crippen molar-refractivity contribution in [3.8, 4) is 5.75 Å². The summed E-state index contributed by atoms with van der Waals surface area (Å²) in [6, 6.07) is 8.17. The van der Waals surface area contributed by atoms with E-state index in [0.29, 0.717) is 19.7 Å². The molecule has 21 heavy (non-hydrogen) atoms. The lowest BCUT2D eigenvalue weighted by atomic mass is 10.1. The summed E-state index contributed by atoms with van der Waals surface area (Å²) in [4.78, 5) is 14.2. The first-order valence-corrected chi connectivity index (χ1v) is 7.97. The van der Waals surface area contributed by atoms with E-state index in [1.54, 1.807) is 0 Å². The highest BCUT2D eigenvalue weighted by molar-refractivity contribution is 5.74. The number of carbonyl (C=O) groups is 1. The standard InChI is InChI=1S/C17H26N2O2/c1-3-4-5-8-14(2)18-17(20)19-11-12-21-16-10-7-6-9-15(16)13-19/h6-7,9-10,14H,3-5,8,11-13H2,1-2H3,(H,18,20)/t14-/m1/s1. The minimum Gasteiger partial charge on any atom is -0.491 e. The summed E-state index contributed by atoms with van der Waals surface area (Å²) in [7, 11) is 0. The van der Waals surface area contributed by atoms with Gasteiger partial charge in [0, 0.05) is 11.6 Å². The van der Waals surface area contributed by atoms with Gasteiger partial charge in [-0.1, -0.05) is 44.4 Å². The number of urea groups is 1.